The zero-order valence-corrected chi connectivity index (χ0v) is 24.0. The summed E-state index contributed by atoms with van der Waals surface area (Å²) in [6, 6.07) is 9.43. The van der Waals surface area contributed by atoms with Crippen molar-refractivity contribution in [2.45, 2.75) is 70.5 Å². The number of carbonyl (C=O) groups is 2. The van der Waals surface area contributed by atoms with Crippen LogP contribution in [0.25, 0.3) is 0 Å². The molecule has 0 radical (unpaired) electrons. The van der Waals surface area contributed by atoms with Gasteiger partial charge in [-0.15, -0.1) is 0 Å². The second kappa shape index (κ2) is 13.6. The molecule has 2 aromatic carbocycles. The lowest BCUT2D eigenvalue weighted by Crippen LogP contribution is -2.50. The van der Waals surface area contributed by atoms with E-state index < -0.39 is 21.9 Å². The lowest BCUT2D eigenvalue weighted by atomic mass is 9.95. The molecular weight excluding hydrogens is 552 g/mol. The molecule has 1 aliphatic rings. The third kappa shape index (κ3) is 8.58. The molecule has 38 heavy (non-hydrogen) atoms. The second-order valence-corrected chi connectivity index (χ2v) is 12.4. The predicted molar refractivity (Wildman–Crippen MR) is 149 cm³/mol. The first-order chi connectivity index (χ1) is 18.0. The Morgan fingerprint density at radius 2 is 1.74 bits per heavy atom. The molecule has 0 unspecified atom stereocenters. The van der Waals surface area contributed by atoms with Crippen LogP contribution >= 0.6 is 23.2 Å². The summed E-state index contributed by atoms with van der Waals surface area (Å²) in [5.74, 6) is -1.02. The zero-order valence-electron chi connectivity index (χ0n) is 21.6. The number of nitrogens with zero attached hydrogens (tertiary/aromatic N) is 2. The van der Waals surface area contributed by atoms with Gasteiger partial charge in [0.25, 0.3) is 0 Å². The first kappa shape index (κ1) is 30.2. The highest BCUT2D eigenvalue weighted by molar-refractivity contribution is 7.92. The number of hydrogen-bond donors (Lipinski definition) is 1. The van der Waals surface area contributed by atoms with Crippen LogP contribution in [0.5, 0.6) is 0 Å². The molecule has 1 atom stereocenters. The normalized spacial score (nSPS) is 15.1. The van der Waals surface area contributed by atoms with Gasteiger partial charge < -0.3 is 10.2 Å². The van der Waals surface area contributed by atoms with Crippen molar-refractivity contribution in [3.63, 3.8) is 0 Å². The van der Waals surface area contributed by atoms with Crippen LogP contribution in [-0.2, 0) is 26.2 Å². The molecule has 0 spiro atoms. The van der Waals surface area contributed by atoms with Gasteiger partial charge in [-0.2, -0.15) is 0 Å². The van der Waals surface area contributed by atoms with Crippen molar-refractivity contribution >= 4 is 50.7 Å². The molecule has 2 amide bonds. The molecule has 1 fully saturated rings. The summed E-state index contributed by atoms with van der Waals surface area (Å²) in [7, 11) is -3.66. The number of sulfonamides is 1. The monoisotopic (exact) mass is 585 g/mol. The van der Waals surface area contributed by atoms with E-state index in [0.717, 1.165) is 42.7 Å². The third-order valence-electron chi connectivity index (χ3n) is 6.74. The van der Waals surface area contributed by atoms with Gasteiger partial charge in [0.1, 0.15) is 11.9 Å². The van der Waals surface area contributed by atoms with E-state index in [1.54, 1.807) is 25.1 Å². The molecule has 7 nitrogen and oxygen atoms in total. The Kier molecular flexibility index (Phi) is 10.8. The summed E-state index contributed by atoms with van der Waals surface area (Å²) in [6.07, 6.45) is 6.38. The van der Waals surface area contributed by atoms with E-state index in [0.29, 0.717) is 21.3 Å². The van der Waals surface area contributed by atoms with Gasteiger partial charge in [-0.1, -0.05) is 48.5 Å². The van der Waals surface area contributed by atoms with Crippen LogP contribution in [0.15, 0.2) is 42.5 Å². The maximum Gasteiger partial charge on any atom is 0.242 e. The summed E-state index contributed by atoms with van der Waals surface area (Å²) in [6.45, 7) is 1.80. The van der Waals surface area contributed by atoms with E-state index in [1.807, 2.05) is 0 Å². The molecule has 0 saturated heterocycles. The summed E-state index contributed by atoms with van der Waals surface area (Å²) < 4.78 is 39.2. The molecule has 0 heterocycles. The minimum Gasteiger partial charge on any atom is -0.352 e. The largest absolute Gasteiger partial charge is 0.352 e. The Balaban J connectivity index is 1.74. The van der Waals surface area contributed by atoms with Gasteiger partial charge in [0.15, 0.2) is 0 Å². The van der Waals surface area contributed by atoms with Crippen molar-refractivity contribution in [2.24, 2.45) is 0 Å². The van der Waals surface area contributed by atoms with Crippen molar-refractivity contribution < 1.29 is 22.4 Å². The molecule has 0 aliphatic heterocycles. The minimum atomic E-state index is -3.66. The molecule has 11 heteroatoms. The smallest absolute Gasteiger partial charge is 0.242 e. The van der Waals surface area contributed by atoms with Crippen molar-refractivity contribution in [1.29, 1.82) is 0 Å². The fraction of sp³-hybridized carbons (Fsp3) is 0.481. The lowest BCUT2D eigenvalue weighted by Gasteiger charge is -2.32. The molecule has 0 aromatic heterocycles. The maximum atomic E-state index is 13.4. The summed E-state index contributed by atoms with van der Waals surface area (Å²) in [5.41, 5.74) is 0.956. The Bertz CT molecular complexity index is 1220. The van der Waals surface area contributed by atoms with Crippen LogP contribution < -0.4 is 9.62 Å². The fourth-order valence-corrected chi connectivity index (χ4v) is 6.03. The number of amides is 2. The Labute approximate surface area is 234 Å². The van der Waals surface area contributed by atoms with Crippen LogP contribution in [0.4, 0.5) is 10.1 Å². The van der Waals surface area contributed by atoms with Crippen molar-refractivity contribution in [3.8, 4) is 0 Å². The molecule has 1 aliphatic carbocycles. The quantitative estimate of drug-likeness (QED) is 0.375. The van der Waals surface area contributed by atoms with Crippen molar-refractivity contribution in [3.05, 3.63) is 63.9 Å². The Hall–Kier alpha value is -2.36. The Morgan fingerprint density at radius 3 is 2.34 bits per heavy atom. The van der Waals surface area contributed by atoms with Gasteiger partial charge in [-0.3, -0.25) is 13.9 Å². The second-order valence-electron chi connectivity index (χ2n) is 9.69. The number of rotatable bonds is 11. The van der Waals surface area contributed by atoms with Gasteiger partial charge in [-0.25, -0.2) is 12.8 Å². The average molecular weight is 587 g/mol. The predicted octanol–water partition coefficient (Wildman–Crippen LogP) is 5.54. The lowest BCUT2D eigenvalue weighted by molar-refractivity contribution is -0.141. The van der Waals surface area contributed by atoms with Gasteiger partial charge in [0.2, 0.25) is 21.8 Å². The van der Waals surface area contributed by atoms with E-state index in [4.69, 9.17) is 23.2 Å². The number of benzene rings is 2. The topological polar surface area (TPSA) is 86.8 Å². The van der Waals surface area contributed by atoms with Crippen LogP contribution in [0.1, 0.15) is 57.4 Å². The zero-order chi connectivity index (χ0) is 27.9. The van der Waals surface area contributed by atoms with Crippen molar-refractivity contribution in [2.75, 3.05) is 17.1 Å². The highest BCUT2D eigenvalue weighted by Crippen LogP contribution is 2.25. The van der Waals surface area contributed by atoms with Crippen LogP contribution in [0, 0.1) is 5.82 Å². The summed E-state index contributed by atoms with van der Waals surface area (Å²) >= 11 is 12.4. The molecule has 3 rings (SSSR count). The van der Waals surface area contributed by atoms with Crippen molar-refractivity contribution in [1.82, 2.24) is 10.2 Å². The number of halogens is 3. The number of carbonyl (C=O) groups excluding carboxylic acids is 2. The number of nitrogens with one attached hydrogen (secondary N) is 1. The van der Waals surface area contributed by atoms with Gasteiger partial charge in [0.05, 0.1) is 11.9 Å². The summed E-state index contributed by atoms with van der Waals surface area (Å²) in [4.78, 5) is 28.0. The van der Waals surface area contributed by atoms with Gasteiger partial charge >= 0.3 is 0 Å². The van der Waals surface area contributed by atoms with Crippen LogP contribution in [0.3, 0.4) is 0 Å². The maximum absolute atomic E-state index is 13.4. The number of anilines is 1. The molecule has 1 N–H and O–H groups in total. The highest BCUT2D eigenvalue weighted by atomic mass is 35.5. The number of hydrogen-bond acceptors (Lipinski definition) is 4. The van der Waals surface area contributed by atoms with Gasteiger partial charge in [-0.05, 0) is 68.1 Å². The first-order valence-corrected chi connectivity index (χ1v) is 15.3. The molecule has 1 saturated carbocycles. The van der Waals surface area contributed by atoms with Crippen LogP contribution in [0.2, 0.25) is 10.0 Å². The molecule has 0 bridgehead atoms. The molecule has 208 valence electrons. The van der Waals surface area contributed by atoms with E-state index in [2.05, 4.69) is 5.32 Å². The fourth-order valence-electron chi connectivity index (χ4n) is 4.60. The molecular formula is C27H34Cl2FN3O4S. The molecule has 2 aromatic rings. The van der Waals surface area contributed by atoms with E-state index in [9.17, 15) is 22.4 Å². The SMILES string of the molecule is C[C@@H](C(=O)NC1CCCCC1)N(Cc1ccc(Cl)cc1Cl)C(=O)CCCN(c1ccc(F)cc1)S(C)(=O)=O. The van der Waals surface area contributed by atoms with Crippen LogP contribution in [-0.4, -0.2) is 50.0 Å². The van der Waals surface area contributed by atoms with E-state index in [-0.39, 0.29) is 43.8 Å². The minimum absolute atomic E-state index is 0.000524. The Morgan fingerprint density at radius 1 is 1.08 bits per heavy atom. The third-order valence-corrected chi connectivity index (χ3v) is 8.52. The van der Waals surface area contributed by atoms with Gasteiger partial charge in [0, 0.05) is 35.6 Å². The van der Waals surface area contributed by atoms with E-state index in [1.165, 1.54) is 29.2 Å². The summed E-state index contributed by atoms with van der Waals surface area (Å²) in [5, 5.41) is 3.92. The van der Waals surface area contributed by atoms with E-state index >= 15 is 0 Å². The average Bonchev–Trinajstić information content (AvgIpc) is 2.86. The first-order valence-electron chi connectivity index (χ1n) is 12.7. The standard InChI is InChI=1S/C27H34Cl2FN3O4S/c1-19(27(35)31-23-7-4-3-5-8-23)32(18-20-10-11-21(28)17-25(20)29)26(34)9-6-16-33(38(2,36)37)24-14-12-22(30)13-15-24/h10-15,17,19,23H,3-9,16,18H2,1-2H3,(H,31,35)/t19-/m0/s1. The highest BCUT2D eigenvalue weighted by Gasteiger charge is 2.29.